The van der Waals surface area contributed by atoms with Crippen molar-refractivity contribution in [3.8, 4) is 5.75 Å². The Bertz CT molecular complexity index is 528. The first-order valence-corrected chi connectivity index (χ1v) is 6.30. The fourth-order valence-corrected chi connectivity index (χ4v) is 1.70. The number of carboxylic acid groups (broad SMARTS) is 1. The lowest BCUT2D eigenvalue weighted by molar-refractivity contribution is -0.144. The van der Waals surface area contributed by atoms with Gasteiger partial charge in [0.25, 0.3) is 0 Å². The van der Waals surface area contributed by atoms with Crippen molar-refractivity contribution >= 4 is 17.8 Å². The number of esters is 1. The number of benzene rings is 1. The van der Waals surface area contributed by atoms with E-state index < -0.39 is 23.9 Å². The molecule has 1 rings (SSSR count). The molecule has 0 bridgehead atoms. The zero-order chi connectivity index (χ0) is 15.8. The number of nitrogens with one attached hydrogen (secondary N) is 1. The summed E-state index contributed by atoms with van der Waals surface area (Å²) >= 11 is 0. The van der Waals surface area contributed by atoms with Crippen LogP contribution in [0.5, 0.6) is 5.75 Å². The Balaban J connectivity index is 2.58. The van der Waals surface area contributed by atoms with Crippen LogP contribution in [0.2, 0.25) is 0 Å². The largest absolute Gasteiger partial charge is 0.508 e. The summed E-state index contributed by atoms with van der Waals surface area (Å²) in [7, 11) is 1.20. The molecular weight excluding hydrogens is 278 g/mol. The van der Waals surface area contributed by atoms with Crippen LogP contribution in [0.15, 0.2) is 24.3 Å². The molecule has 0 aliphatic heterocycles. The van der Waals surface area contributed by atoms with Crippen LogP contribution in [0.4, 0.5) is 0 Å². The quantitative estimate of drug-likeness (QED) is 0.630. The third-order valence-corrected chi connectivity index (χ3v) is 2.84. The van der Waals surface area contributed by atoms with Gasteiger partial charge in [-0.1, -0.05) is 18.2 Å². The summed E-state index contributed by atoms with van der Waals surface area (Å²) in [5, 5.41) is 20.9. The highest BCUT2D eigenvalue weighted by Crippen LogP contribution is 2.16. The number of aromatic hydroxyl groups is 1. The third kappa shape index (κ3) is 5.52. The van der Waals surface area contributed by atoms with Crippen molar-refractivity contribution < 1.29 is 29.3 Å². The molecule has 0 saturated heterocycles. The van der Waals surface area contributed by atoms with Gasteiger partial charge in [-0.05, 0) is 12.5 Å². The number of phenolic OH excluding ortho intramolecular Hbond substituents is 1. The molecule has 0 spiro atoms. The fraction of sp³-hybridized carbons (Fsp3) is 0.357. The summed E-state index contributed by atoms with van der Waals surface area (Å²) in [6.45, 7) is 0. The van der Waals surface area contributed by atoms with E-state index in [2.05, 4.69) is 10.1 Å². The van der Waals surface area contributed by atoms with Crippen LogP contribution >= 0.6 is 0 Å². The second-order valence-electron chi connectivity index (χ2n) is 4.38. The molecule has 7 heteroatoms. The standard InChI is InChI=1S/C14H17NO6/c1-21-13(18)7-6-10(14(19)20)15-12(17)8-9-4-2-3-5-11(9)16/h2-5,10,16H,6-8H2,1H3,(H,15,17)(H,19,20)/t10-/m0/s1. The Hall–Kier alpha value is -2.57. The summed E-state index contributed by atoms with van der Waals surface area (Å²) in [5.74, 6) is -2.36. The van der Waals surface area contributed by atoms with E-state index in [0.29, 0.717) is 5.56 Å². The monoisotopic (exact) mass is 295 g/mol. The van der Waals surface area contributed by atoms with Gasteiger partial charge in [-0.2, -0.15) is 0 Å². The number of amides is 1. The van der Waals surface area contributed by atoms with Crippen molar-refractivity contribution in [2.45, 2.75) is 25.3 Å². The fourth-order valence-electron chi connectivity index (χ4n) is 1.70. The molecule has 0 saturated carbocycles. The first-order chi connectivity index (χ1) is 9.93. The van der Waals surface area contributed by atoms with E-state index in [-0.39, 0.29) is 25.0 Å². The molecule has 1 atom stereocenters. The van der Waals surface area contributed by atoms with E-state index in [1.54, 1.807) is 18.2 Å². The maximum atomic E-state index is 11.8. The van der Waals surface area contributed by atoms with Gasteiger partial charge in [-0.15, -0.1) is 0 Å². The van der Waals surface area contributed by atoms with Crippen LogP contribution in [0.1, 0.15) is 18.4 Å². The Morgan fingerprint density at radius 2 is 1.95 bits per heavy atom. The molecule has 0 aliphatic rings. The second kappa shape index (κ2) is 7.88. The minimum atomic E-state index is -1.23. The maximum absolute atomic E-state index is 11.8. The number of hydrogen-bond donors (Lipinski definition) is 3. The number of para-hydroxylation sites is 1. The zero-order valence-electron chi connectivity index (χ0n) is 11.5. The molecule has 1 aromatic carbocycles. The number of phenols is 1. The maximum Gasteiger partial charge on any atom is 0.326 e. The number of hydrogen-bond acceptors (Lipinski definition) is 5. The summed E-state index contributed by atoms with van der Waals surface area (Å²) in [6.07, 6.45) is -0.312. The molecule has 1 amide bonds. The average Bonchev–Trinajstić information content (AvgIpc) is 2.45. The topological polar surface area (TPSA) is 113 Å². The SMILES string of the molecule is COC(=O)CC[C@H](NC(=O)Cc1ccccc1O)C(=O)O. The number of rotatable bonds is 7. The number of methoxy groups -OCH3 is 1. The molecule has 1 aromatic rings. The summed E-state index contributed by atoms with van der Waals surface area (Å²) in [5.41, 5.74) is 0.395. The third-order valence-electron chi connectivity index (χ3n) is 2.84. The Morgan fingerprint density at radius 3 is 2.52 bits per heavy atom. The van der Waals surface area contributed by atoms with Crippen molar-refractivity contribution in [2.75, 3.05) is 7.11 Å². The van der Waals surface area contributed by atoms with E-state index in [4.69, 9.17) is 5.11 Å². The lowest BCUT2D eigenvalue weighted by Gasteiger charge is -2.14. The van der Waals surface area contributed by atoms with Crippen LogP contribution in [0.3, 0.4) is 0 Å². The molecule has 0 heterocycles. The second-order valence-corrected chi connectivity index (χ2v) is 4.38. The molecule has 7 nitrogen and oxygen atoms in total. The summed E-state index contributed by atoms with van der Waals surface area (Å²) < 4.78 is 4.42. The molecule has 0 unspecified atom stereocenters. The lowest BCUT2D eigenvalue weighted by Crippen LogP contribution is -2.41. The number of carbonyl (C=O) groups is 3. The molecular formula is C14H17NO6. The van der Waals surface area contributed by atoms with Crippen molar-refractivity contribution in [1.82, 2.24) is 5.32 Å². The van der Waals surface area contributed by atoms with Crippen LogP contribution in [0, 0.1) is 0 Å². The van der Waals surface area contributed by atoms with Gasteiger partial charge in [0.2, 0.25) is 5.91 Å². The highest BCUT2D eigenvalue weighted by Gasteiger charge is 2.21. The average molecular weight is 295 g/mol. The van der Waals surface area contributed by atoms with Crippen LogP contribution in [-0.2, 0) is 25.5 Å². The normalized spacial score (nSPS) is 11.5. The van der Waals surface area contributed by atoms with Gasteiger partial charge in [0.15, 0.2) is 0 Å². The van der Waals surface area contributed by atoms with Crippen molar-refractivity contribution in [3.05, 3.63) is 29.8 Å². The highest BCUT2D eigenvalue weighted by atomic mass is 16.5. The molecule has 0 radical (unpaired) electrons. The van der Waals surface area contributed by atoms with Gasteiger partial charge in [-0.3, -0.25) is 9.59 Å². The number of ether oxygens (including phenoxy) is 1. The van der Waals surface area contributed by atoms with Gasteiger partial charge in [0, 0.05) is 12.0 Å². The molecule has 3 N–H and O–H groups in total. The zero-order valence-corrected chi connectivity index (χ0v) is 11.5. The smallest absolute Gasteiger partial charge is 0.326 e. The van der Waals surface area contributed by atoms with E-state index in [0.717, 1.165) is 0 Å². The van der Waals surface area contributed by atoms with Gasteiger partial charge < -0.3 is 20.3 Å². The minimum absolute atomic E-state index is 0.0333. The first kappa shape index (κ1) is 16.5. The van der Waals surface area contributed by atoms with E-state index in [9.17, 15) is 19.5 Å². The van der Waals surface area contributed by atoms with Crippen molar-refractivity contribution in [3.63, 3.8) is 0 Å². The van der Waals surface area contributed by atoms with Gasteiger partial charge in [0.05, 0.1) is 13.5 Å². The predicted octanol–water partition coefficient (Wildman–Crippen LogP) is 0.457. The van der Waals surface area contributed by atoms with Crippen LogP contribution in [-0.4, -0.2) is 41.2 Å². The Labute approximate surface area is 121 Å². The minimum Gasteiger partial charge on any atom is -0.508 e. The first-order valence-electron chi connectivity index (χ1n) is 6.30. The van der Waals surface area contributed by atoms with Crippen molar-refractivity contribution in [2.24, 2.45) is 0 Å². The predicted molar refractivity (Wildman–Crippen MR) is 72.6 cm³/mol. The molecule has 0 fully saturated rings. The van der Waals surface area contributed by atoms with Gasteiger partial charge in [-0.25, -0.2) is 4.79 Å². The highest BCUT2D eigenvalue weighted by molar-refractivity contribution is 5.85. The summed E-state index contributed by atoms with van der Waals surface area (Å²) in [6, 6.07) is 5.11. The number of carboxylic acids is 1. The Kier molecular flexibility index (Phi) is 6.19. The number of carbonyl (C=O) groups excluding carboxylic acids is 2. The molecule has 21 heavy (non-hydrogen) atoms. The molecule has 0 aromatic heterocycles. The van der Waals surface area contributed by atoms with E-state index >= 15 is 0 Å². The molecule has 0 aliphatic carbocycles. The van der Waals surface area contributed by atoms with Crippen LogP contribution in [0.25, 0.3) is 0 Å². The van der Waals surface area contributed by atoms with E-state index in [1.807, 2.05) is 0 Å². The lowest BCUT2D eigenvalue weighted by atomic mass is 10.1. The van der Waals surface area contributed by atoms with Crippen molar-refractivity contribution in [1.29, 1.82) is 0 Å². The summed E-state index contributed by atoms with van der Waals surface area (Å²) in [4.78, 5) is 33.8. The Morgan fingerprint density at radius 1 is 1.29 bits per heavy atom. The van der Waals surface area contributed by atoms with E-state index in [1.165, 1.54) is 13.2 Å². The molecule has 114 valence electrons. The van der Waals surface area contributed by atoms with Gasteiger partial charge >= 0.3 is 11.9 Å². The van der Waals surface area contributed by atoms with Gasteiger partial charge in [0.1, 0.15) is 11.8 Å². The number of aliphatic carboxylic acids is 1. The van der Waals surface area contributed by atoms with Crippen LogP contribution < -0.4 is 5.32 Å².